The number of unbranched alkanes of at least 4 members (excludes halogenated alkanes) is 1. The molecule has 0 spiro atoms. The minimum atomic E-state index is -0.933. The lowest BCUT2D eigenvalue weighted by molar-refractivity contribution is -0.132. The zero-order chi connectivity index (χ0) is 26.7. The first-order valence-corrected chi connectivity index (χ1v) is 12.7. The van der Waals surface area contributed by atoms with Gasteiger partial charge in [-0.1, -0.05) is 54.5 Å². The maximum absolute atomic E-state index is 13.3. The zero-order valence-electron chi connectivity index (χ0n) is 21.1. The maximum atomic E-state index is 13.3. The van der Waals surface area contributed by atoms with Crippen molar-refractivity contribution in [2.75, 3.05) is 18.6 Å². The molecule has 0 bridgehead atoms. The molecule has 2 heterocycles. The predicted molar refractivity (Wildman–Crippen MR) is 141 cm³/mol. The number of rotatable bonds is 8. The lowest BCUT2D eigenvalue weighted by Crippen LogP contribution is -2.29. The number of aliphatic hydroxyl groups excluding tert-OH is 1. The SMILES string of the molecule is CCCCOc1ccc(C(O)=C2C(=O)C(=O)N(c3nc(C)c(C(=O)OC)s3)[C@H]2c2ccc(C)cc2)cc1. The van der Waals surface area contributed by atoms with Crippen LogP contribution in [-0.4, -0.2) is 41.5 Å². The summed E-state index contributed by atoms with van der Waals surface area (Å²) in [5.74, 6) is -1.90. The molecule has 4 rings (SSSR count). The van der Waals surface area contributed by atoms with Crippen LogP contribution in [0.1, 0.15) is 57.9 Å². The highest BCUT2D eigenvalue weighted by atomic mass is 32.1. The van der Waals surface area contributed by atoms with E-state index in [2.05, 4.69) is 11.9 Å². The summed E-state index contributed by atoms with van der Waals surface area (Å²) in [5.41, 5.74) is 2.33. The lowest BCUT2D eigenvalue weighted by atomic mass is 9.95. The Bertz CT molecular complexity index is 1360. The van der Waals surface area contributed by atoms with Crippen molar-refractivity contribution in [3.63, 3.8) is 0 Å². The zero-order valence-corrected chi connectivity index (χ0v) is 21.9. The first-order chi connectivity index (χ1) is 17.8. The van der Waals surface area contributed by atoms with E-state index >= 15 is 0 Å². The molecule has 192 valence electrons. The fourth-order valence-corrected chi connectivity index (χ4v) is 5.07. The van der Waals surface area contributed by atoms with Gasteiger partial charge < -0.3 is 14.6 Å². The van der Waals surface area contributed by atoms with Crippen molar-refractivity contribution < 1.29 is 29.0 Å². The second-order valence-electron chi connectivity index (χ2n) is 8.71. The van der Waals surface area contributed by atoms with Gasteiger partial charge in [-0.3, -0.25) is 14.5 Å². The summed E-state index contributed by atoms with van der Waals surface area (Å²) in [4.78, 5) is 44.7. The number of aliphatic hydroxyl groups is 1. The van der Waals surface area contributed by atoms with Crippen LogP contribution in [0.15, 0.2) is 54.1 Å². The number of anilines is 1. The third-order valence-corrected chi connectivity index (χ3v) is 7.23. The highest BCUT2D eigenvalue weighted by molar-refractivity contribution is 7.17. The van der Waals surface area contributed by atoms with E-state index in [1.165, 1.54) is 12.0 Å². The number of thiazole rings is 1. The Morgan fingerprint density at radius 3 is 2.38 bits per heavy atom. The van der Waals surface area contributed by atoms with Gasteiger partial charge in [0.15, 0.2) is 5.13 Å². The summed E-state index contributed by atoms with van der Waals surface area (Å²) >= 11 is 0.964. The quantitative estimate of drug-likeness (QED) is 0.140. The van der Waals surface area contributed by atoms with Gasteiger partial charge in [0.25, 0.3) is 5.78 Å². The number of aromatic nitrogens is 1. The average molecular weight is 521 g/mol. The Morgan fingerprint density at radius 2 is 1.76 bits per heavy atom. The van der Waals surface area contributed by atoms with Crippen LogP contribution in [0.25, 0.3) is 5.76 Å². The molecular weight excluding hydrogens is 492 g/mol. The Morgan fingerprint density at radius 1 is 1.08 bits per heavy atom. The fourth-order valence-electron chi connectivity index (χ4n) is 4.06. The Hall–Kier alpha value is -3.98. The number of methoxy groups -OCH3 is 1. The van der Waals surface area contributed by atoms with Crippen molar-refractivity contribution in [1.29, 1.82) is 0 Å². The van der Waals surface area contributed by atoms with E-state index < -0.39 is 23.7 Å². The molecule has 3 aromatic rings. The van der Waals surface area contributed by atoms with Gasteiger partial charge in [-0.2, -0.15) is 0 Å². The minimum Gasteiger partial charge on any atom is -0.507 e. The number of carbonyl (C=O) groups is 3. The molecule has 1 aliphatic heterocycles. The van der Waals surface area contributed by atoms with Crippen LogP contribution in [0.4, 0.5) is 5.13 Å². The predicted octanol–water partition coefficient (Wildman–Crippen LogP) is 5.35. The van der Waals surface area contributed by atoms with E-state index in [-0.39, 0.29) is 21.3 Å². The number of amides is 1. The van der Waals surface area contributed by atoms with Crippen LogP contribution < -0.4 is 9.64 Å². The Labute approximate surface area is 219 Å². The summed E-state index contributed by atoms with van der Waals surface area (Å²) in [6.07, 6.45) is 1.94. The summed E-state index contributed by atoms with van der Waals surface area (Å²) in [6.45, 7) is 6.22. The van der Waals surface area contributed by atoms with E-state index in [1.807, 2.05) is 19.1 Å². The van der Waals surface area contributed by atoms with E-state index in [0.717, 1.165) is 29.7 Å². The van der Waals surface area contributed by atoms with Crippen molar-refractivity contribution in [2.24, 2.45) is 0 Å². The van der Waals surface area contributed by atoms with Crippen molar-refractivity contribution in [2.45, 2.75) is 39.7 Å². The Kier molecular flexibility index (Phi) is 7.73. The minimum absolute atomic E-state index is 0.0547. The van der Waals surface area contributed by atoms with E-state index in [1.54, 1.807) is 43.3 Å². The largest absolute Gasteiger partial charge is 0.507 e. The molecule has 2 aromatic carbocycles. The maximum Gasteiger partial charge on any atom is 0.350 e. The molecule has 8 nitrogen and oxygen atoms in total. The van der Waals surface area contributed by atoms with Crippen LogP contribution in [0, 0.1) is 13.8 Å². The number of hydrogen-bond donors (Lipinski definition) is 1. The number of esters is 1. The van der Waals surface area contributed by atoms with Crippen LogP contribution in [0.2, 0.25) is 0 Å². The Balaban J connectivity index is 1.81. The van der Waals surface area contributed by atoms with Gasteiger partial charge >= 0.3 is 11.9 Å². The first kappa shape index (κ1) is 26.1. The third kappa shape index (κ3) is 5.13. The monoisotopic (exact) mass is 520 g/mol. The van der Waals surface area contributed by atoms with Gasteiger partial charge in [0, 0.05) is 5.56 Å². The molecule has 1 atom stereocenters. The highest BCUT2D eigenvalue weighted by Gasteiger charge is 2.48. The molecule has 37 heavy (non-hydrogen) atoms. The van der Waals surface area contributed by atoms with Gasteiger partial charge in [-0.05, 0) is 50.1 Å². The molecule has 1 aromatic heterocycles. The lowest BCUT2D eigenvalue weighted by Gasteiger charge is -2.23. The van der Waals surface area contributed by atoms with Gasteiger partial charge in [0.05, 0.1) is 31.0 Å². The number of nitrogens with zero attached hydrogens (tertiary/aromatic N) is 2. The van der Waals surface area contributed by atoms with Gasteiger partial charge in [-0.25, -0.2) is 9.78 Å². The number of Topliss-reactive ketones (excluding diaryl/α,β-unsaturated/α-hetero) is 1. The normalized spacial score (nSPS) is 16.8. The van der Waals surface area contributed by atoms with E-state index in [9.17, 15) is 19.5 Å². The molecular formula is C28H28N2O6S. The molecule has 0 radical (unpaired) electrons. The average Bonchev–Trinajstić information content (AvgIpc) is 3.40. The molecule has 1 aliphatic rings. The molecule has 1 N–H and O–H groups in total. The first-order valence-electron chi connectivity index (χ1n) is 11.9. The number of ketones is 1. The van der Waals surface area contributed by atoms with Crippen LogP contribution >= 0.6 is 11.3 Å². The second kappa shape index (κ2) is 11.0. The number of hydrogen-bond acceptors (Lipinski definition) is 8. The van der Waals surface area contributed by atoms with E-state index in [0.29, 0.717) is 29.2 Å². The van der Waals surface area contributed by atoms with Crippen LogP contribution in [0.5, 0.6) is 5.75 Å². The molecule has 1 amide bonds. The summed E-state index contributed by atoms with van der Waals surface area (Å²) < 4.78 is 10.5. The van der Waals surface area contributed by atoms with Crippen LogP contribution in [0.3, 0.4) is 0 Å². The molecule has 1 saturated heterocycles. The highest BCUT2D eigenvalue weighted by Crippen LogP contribution is 2.44. The van der Waals surface area contributed by atoms with Gasteiger partial charge in [0.1, 0.15) is 16.4 Å². The third-order valence-electron chi connectivity index (χ3n) is 6.09. The van der Waals surface area contributed by atoms with Crippen molar-refractivity contribution in [3.8, 4) is 5.75 Å². The van der Waals surface area contributed by atoms with Crippen molar-refractivity contribution in [3.05, 3.63) is 81.4 Å². The molecule has 1 fully saturated rings. The number of ether oxygens (including phenoxy) is 2. The molecule has 0 aliphatic carbocycles. The smallest absolute Gasteiger partial charge is 0.350 e. The number of carbonyl (C=O) groups excluding carboxylic acids is 3. The van der Waals surface area contributed by atoms with E-state index in [4.69, 9.17) is 9.47 Å². The van der Waals surface area contributed by atoms with Gasteiger partial charge in [0.2, 0.25) is 0 Å². The molecule has 9 heteroatoms. The molecule has 0 saturated carbocycles. The second-order valence-corrected chi connectivity index (χ2v) is 9.69. The fraction of sp³-hybridized carbons (Fsp3) is 0.286. The number of benzene rings is 2. The van der Waals surface area contributed by atoms with Crippen molar-refractivity contribution in [1.82, 2.24) is 4.98 Å². The van der Waals surface area contributed by atoms with Crippen LogP contribution in [-0.2, 0) is 14.3 Å². The topological polar surface area (TPSA) is 106 Å². The van der Waals surface area contributed by atoms with Gasteiger partial charge in [-0.15, -0.1) is 0 Å². The standard InChI is InChI=1S/C28H28N2O6S/c1-5-6-15-36-20-13-11-19(12-14-20)23(31)21-22(18-9-7-16(2)8-10-18)30(26(33)24(21)32)28-29-17(3)25(37-28)27(34)35-4/h7-14,22,31H,5-6,15H2,1-4H3/t22-/m0/s1. The summed E-state index contributed by atoms with van der Waals surface area (Å²) in [7, 11) is 1.26. The number of aryl methyl sites for hydroxylation is 2. The summed E-state index contributed by atoms with van der Waals surface area (Å²) in [5, 5.41) is 11.5. The van der Waals surface area contributed by atoms with Crippen molar-refractivity contribution >= 4 is 39.9 Å². The summed E-state index contributed by atoms with van der Waals surface area (Å²) in [6, 6.07) is 13.1. The molecule has 0 unspecified atom stereocenters.